The maximum Gasteiger partial charge on any atom is 0.469 e. The predicted molar refractivity (Wildman–Crippen MR) is 322 cm³/mol. The van der Waals surface area contributed by atoms with Crippen LogP contribution in [-0.4, -0.2) is 158 Å². The maximum atomic E-state index is 13.5. The van der Waals surface area contributed by atoms with Gasteiger partial charge in [0.15, 0.2) is 0 Å². The third-order valence-electron chi connectivity index (χ3n) is 16.9. The van der Waals surface area contributed by atoms with Crippen LogP contribution in [0.2, 0.25) is 0 Å². The zero-order valence-corrected chi connectivity index (χ0v) is 50.2. The molecule has 474 valence electrons. The summed E-state index contributed by atoms with van der Waals surface area (Å²) in [5, 5.41) is 30.8. The van der Waals surface area contributed by atoms with Gasteiger partial charge in [0.25, 0.3) is 11.6 Å². The number of ether oxygens (including phenoxy) is 7. The average molecular weight is 1250 g/mol. The van der Waals surface area contributed by atoms with E-state index in [0.29, 0.717) is 37.4 Å². The van der Waals surface area contributed by atoms with Crippen molar-refractivity contribution in [2.75, 3.05) is 109 Å². The Bertz CT molecular complexity index is 3760. The number of carboxylic acids is 1. The third kappa shape index (κ3) is 14.9. The van der Waals surface area contributed by atoms with Gasteiger partial charge in [-0.25, -0.2) is 18.7 Å². The van der Waals surface area contributed by atoms with Gasteiger partial charge in [-0.15, -0.1) is 0 Å². The molecule has 0 bridgehead atoms. The van der Waals surface area contributed by atoms with Gasteiger partial charge in [-0.2, -0.15) is 4.98 Å². The van der Waals surface area contributed by atoms with Crippen LogP contribution in [0.5, 0.6) is 11.5 Å². The number of carbonyl (C=O) groups is 3. The summed E-state index contributed by atoms with van der Waals surface area (Å²) in [6.45, 7) is 5.69. The molecule has 26 nitrogen and oxygen atoms in total. The van der Waals surface area contributed by atoms with E-state index in [1.807, 2.05) is 0 Å². The zero-order valence-electron chi connectivity index (χ0n) is 49.3. The van der Waals surface area contributed by atoms with Gasteiger partial charge in [0.05, 0.1) is 93.8 Å². The van der Waals surface area contributed by atoms with E-state index in [4.69, 9.17) is 38.9 Å². The molecule has 0 unspecified atom stereocenters. The number of aromatic carboxylic acids is 1. The standard InChI is InChI=1S/C62H73N8O18P/c63-52-14-22-69(62(75)66-52)54-35-50(51(87-54)37-86-89(78,79)80)85-36-42-10-9-38(31-49(42)70(76)77)13-16-64-53(71)15-23-81-25-27-83-29-30-84-28-26-82-24-17-65-60(72)41-11-12-43(46(34-41)61(73)74)55-47-32-39-5-1-18-67-20-3-7-44(56(39)67)58(47)88-59-45-8-4-21-68-19-2-6-40(57(45)68)33-48(55)59/h9-12,14,22,31-34,50-51,54H,1-8,13,15-21,23-30,35-37H2,(H6-,63,64,65,66,71,72,73,74,75,78,79,80)/p+1/t50-,51-,54-/m1/s1. The van der Waals surface area contributed by atoms with E-state index in [-0.39, 0.29) is 99.7 Å². The summed E-state index contributed by atoms with van der Waals surface area (Å²) in [5.74, 6) is -0.130. The number of carbonyl (C=O) groups excluding carboxylic acids is 2. The number of nitrogens with one attached hydrogen (secondary N) is 2. The van der Waals surface area contributed by atoms with Gasteiger partial charge in [0.2, 0.25) is 11.3 Å². The van der Waals surface area contributed by atoms with E-state index in [1.54, 1.807) is 18.2 Å². The van der Waals surface area contributed by atoms with Crippen LogP contribution in [0.4, 0.5) is 17.2 Å². The number of aromatic nitrogens is 2. The molecule has 0 aliphatic carbocycles. The minimum absolute atomic E-state index is 0.0121. The number of nitrogen functional groups attached to an aromatic ring is 1. The van der Waals surface area contributed by atoms with Crippen molar-refractivity contribution in [3.05, 3.63) is 148 Å². The summed E-state index contributed by atoms with van der Waals surface area (Å²) < 4.78 is 61.1. The van der Waals surface area contributed by atoms with Crippen molar-refractivity contribution in [1.82, 2.24) is 24.8 Å². The SMILES string of the molecule is Nc1ccn([C@H]2C[C@@H](OCc3ccc(CCNC(=O)CCOCCOCCOCCOCCNC(=O)c4ccc(C5=c6cc7c8c(c6Oc6c5cc5c9c6CCCN9CCC5)CCC[N+]=8CCC7)c(C(=O)O)c4)cc3[N+](=O)[O-])[C@@H](COP(=O)(O)O)O2)c(=O)n1. The summed E-state index contributed by atoms with van der Waals surface area (Å²) in [7, 11) is -4.89. The first-order valence-corrected chi connectivity index (χ1v) is 31.9. The van der Waals surface area contributed by atoms with Crippen molar-refractivity contribution in [2.45, 2.75) is 95.7 Å². The quantitative estimate of drug-likeness (QED) is 0.0129. The summed E-state index contributed by atoms with van der Waals surface area (Å²) in [6.07, 6.45) is 6.73. The molecule has 1 aromatic heterocycles. The highest BCUT2D eigenvalue weighted by Crippen LogP contribution is 2.49. The number of rotatable bonds is 29. The van der Waals surface area contributed by atoms with Crippen LogP contribution in [0.3, 0.4) is 0 Å². The van der Waals surface area contributed by atoms with Crippen LogP contribution in [0, 0.1) is 10.1 Å². The number of benzene rings is 4. The Balaban J connectivity index is 0.572. The van der Waals surface area contributed by atoms with Crippen molar-refractivity contribution in [3.63, 3.8) is 0 Å². The second kappa shape index (κ2) is 28.6. The molecule has 27 heteroatoms. The number of aryl methyl sites for hydroxylation is 2. The molecule has 0 saturated carbocycles. The Morgan fingerprint density at radius 1 is 0.820 bits per heavy atom. The number of fused-ring (bicyclic) bond motifs is 4. The van der Waals surface area contributed by atoms with Gasteiger partial charge >= 0.3 is 19.5 Å². The molecular weight excluding hydrogens is 1180 g/mol. The number of anilines is 2. The van der Waals surface area contributed by atoms with Crippen LogP contribution < -0.4 is 46.8 Å². The van der Waals surface area contributed by atoms with Gasteiger partial charge in [-0.1, -0.05) is 12.1 Å². The highest BCUT2D eigenvalue weighted by molar-refractivity contribution is 7.46. The van der Waals surface area contributed by atoms with E-state index < -0.39 is 55.4 Å². The van der Waals surface area contributed by atoms with Crippen LogP contribution >= 0.6 is 7.82 Å². The number of nitrogens with zero attached hydrogens (tertiary/aromatic N) is 5. The van der Waals surface area contributed by atoms with Crippen LogP contribution in [-0.2, 0) is 81.0 Å². The number of nitro benzene ring substituents is 1. The fourth-order valence-corrected chi connectivity index (χ4v) is 13.2. The van der Waals surface area contributed by atoms with Gasteiger partial charge in [0, 0.05) is 103 Å². The van der Waals surface area contributed by atoms with Gasteiger partial charge in [0.1, 0.15) is 42.7 Å². The van der Waals surface area contributed by atoms with Gasteiger partial charge in [-0.05, 0) is 98.0 Å². The molecule has 7 N–H and O–H groups in total. The van der Waals surface area contributed by atoms with Crippen LogP contribution in [0.15, 0.2) is 65.6 Å². The first-order valence-electron chi connectivity index (χ1n) is 30.3. The van der Waals surface area contributed by atoms with E-state index in [0.717, 1.165) is 110 Å². The molecule has 5 aromatic rings. The Morgan fingerprint density at radius 2 is 1.54 bits per heavy atom. The number of hydrogen-bond donors (Lipinski definition) is 6. The van der Waals surface area contributed by atoms with Crippen molar-refractivity contribution in [2.24, 2.45) is 0 Å². The van der Waals surface area contributed by atoms with Crippen molar-refractivity contribution < 1.29 is 76.4 Å². The smallest absolute Gasteiger partial charge is 0.469 e. The predicted octanol–water partition coefficient (Wildman–Crippen LogP) is 3.39. The molecule has 0 spiro atoms. The minimum atomic E-state index is -4.89. The lowest BCUT2D eigenvalue weighted by molar-refractivity contribution is -0.386. The third-order valence-corrected chi connectivity index (χ3v) is 17.4. The lowest BCUT2D eigenvalue weighted by Gasteiger charge is -2.39. The number of nitrogens with two attached hydrogens (primary N) is 1. The molecule has 0 radical (unpaired) electrons. The number of carboxylic acid groups (broad SMARTS) is 1. The average Bonchev–Trinajstić information content (AvgIpc) is 1.10. The monoisotopic (exact) mass is 1250 g/mol. The van der Waals surface area contributed by atoms with E-state index in [1.165, 1.54) is 63.8 Å². The molecule has 6 aliphatic heterocycles. The Hall–Kier alpha value is -7.49. The summed E-state index contributed by atoms with van der Waals surface area (Å²) >= 11 is 0. The van der Waals surface area contributed by atoms with E-state index in [2.05, 4.69) is 41.7 Å². The van der Waals surface area contributed by atoms with Crippen molar-refractivity contribution >= 4 is 48.4 Å². The summed E-state index contributed by atoms with van der Waals surface area (Å²) in [5.41, 5.74) is 14.3. The summed E-state index contributed by atoms with van der Waals surface area (Å²) in [6, 6.07) is 15.4. The highest BCUT2D eigenvalue weighted by Gasteiger charge is 2.40. The second-order valence-electron chi connectivity index (χ2n) is 22.7. The van der Waals surface area contributed by atoms with Crippen molar-refractivity contribution in [3.8, 4) is 11.5 Å². The lowest BCUT2D eigenvalue weighted by Crippen LogP contribution is -2.45. The first-order chi connectivity index (χ1) is 43.1. The largest absolute Gasteiger partial charge is 0.478 e. The molecule has 89 heavy (non-hydrogen) atoms. The second-order valence-corrected chi connectivity index (χ2v) is 24.0. The van der Waals surface area contributed by atoms with Crippen molar-refractivity contribution in [1.29, 1.82) is 0 Å². The molecule has 4 aromatic carbocycles. The molecule has 3 atom stereocenters. The number of phosphoric acid groups is 1. The fourth-order valence-electron chi connectivity index (χ4n) is 12.9. The van der Waals surface area contributed by atoms with Gasteiger partial charge < -0.3 is 69.3 Å². The number of amides is 2. The molecule has 6 aliphatic rings. The molecule has 1 fully saturated rings. The highest BCUT2D eigenvalue weighted by atomic mass is 31.2. The molecule has 1 saturated heterocycles. The maximum absolute atomic E-state index is 13.5. The summed E-state index contributed by atoms with van der Waals surface area (Å²) in [4.78, 5) is 88.0. The Labute approximate surface area is 511 Å². The minimum Gasteiger partial charge on any atom is -0.478 e. The Kier molecular flexibility index (Phi) is 20.2. The van der Waals surface area contributed by atoms with Crippen LogP contribution in [0.1, 0.15) is 110 Å². The topological polar surface area (TPSA) is 337 Å². The Morgan fingerprint density at radius 3 is 2.28 bits per heavy atom. The zero-order chi connectivity index (χ0) is 62.2. The van der Waals surface area contributed by atoms with Gasteiger partial charge in [-0.3, -0.25) is 28.8 Å². The van der Waals surface area contributed by atoms with Crippen LogP contribution in [0.25, 0.3) is 5.57 Å². The fraction of sp³-hybridized carbons (Fsp3) is 0.484. The van der Waals surface area contributed by atoms with E-state index >= 15 is 0 Å². The lowest BCUT2D eigenvalue weighted by atomic mass is 9.81. The first kappa shape index (κ1) is 63.1. The molecule has 2 amide bonds. The molecule has 11 rings (SSSR count). The van der Waals surface area contributed by atoms with E-state index in [9.17, 15) is 48.8 Å². The normalized spacial score (nSPS) is 18.1. The number of hydrogen-bond acceptors (Lipinski definition) is 18. The number of nitro groups is 1. The number of phosphoric ester groups is 1. The molecular formula is C62H74N8O18P+. The molecule has 7 heterocycles.